The van der Waals surface area contributed by atoms with Gasteiger partial charge in [0.15, 0.2) is 0 Å². The lowest BCUT2D eigenvalue weighted by molar-refractivity contribution is -0.135. The molecule has 7 heteroatoms. The predicted molar refractivity (Wildman–Crippen MR) is 148 cm³/mol. The molecule has 3 heterocycles. The highest BCUT2D eigenvalue weighted by molar-refractivity contribution is 8.18. The molecule has 0 bridgehead atoms. The largest absolute Gasteiger partial charge is 0.341 e. The first-order valence-corrected chi connectivity index (χ1v) is 13.6. The van der Waals surface area contributed by atoms with E-state index in [1.807, 2.05) is 38.1 Å². The maximum absolute atomic E-state index is 13.1. The van der Waals surface area contributed by atoms with Crippen LogP contribution in [0.4, 0.5) is 4.79 Å². The highest BCUT2D eigenvalue weighted by atomic mass is 32.2. The maximum Gasteiger partial charge on any atom is 0.294 e. The number of likely N-dealkylation sites (tertiary alicyclic amines) is 1. The molecule has 2 saturated heterocycles. The normalized spacial score (nSPS) is 17.5. The first kappa shape index (κ1) is 25.1. The Morgan fingerprint density at radius 1 is 0.892 bits per heavy atom. The van der Waals surface area contributed by atoms with Crippen LogP contribution < -0.4 is 0 Å². The van der Waals surface area contributed by atoms with Crippen LogP contribution in [0, 0.1) is 13.8 Å². The number of aromatic nitrogens is 1. The fourth-order valence-corrected chi connectivity index (χ4v) is 5.93. The minimum atomic E-state index is -0.393. The number of hydrogen-bond acceptors (Lipinski definition) is 4. The van der Waals surface area contributed by atoms with Crippen LogP contribution in [-0.2, 0) is 9.59 Å². The number of benzene rings is 2. The van der Waals surface area contributed by atoms with Crippen molar-refractivity contribution in [2.24, 2.45) is 0 Å². The molecule has 37 heavy (non-hydrogen) atoms. The molecular formula is C30H31N3O3S. The van der Waals surface area contributed by atoms with Gasteiger partial charge in [0.25, 0.3) is 11.1 Å². The lowest BCUT2D eigenvalue weighted by Gasteiger charge is -2.22. The number of carbonyl (C=O) groups excluding carboxylic acids is 3. The smallest absolute Gasteiger partial charge is 0.294 e. The Labute approximate surface area is 221 Å². The SMILES string of the molecule is Cc1cc(C=C2SC(=O)N(CC(=O)N3CCCCCC3)C2=O)c(C)n1-c1ccc(-c2ccccc2)cc1. The van der Waals surface area contributed by atoms with E-state index in [0.717, 1.165) is 70.5 Å². The van der Waals surface area contributed by atoms with Crippen molar-refractivity contribution < 1.29 is 14.4 Å². The molecule has 5 rings (SSSR count). The maximum atomic E-state index is 13.1. The highest BCUT2D eigenvalue weighted by Gasteiger charge is 2.37. The molecule has 0 N–H and O–H groups in total. The Morgan fingerprint density at radius 2 is 1.54 bits per heavy atom. The Hall–Kier alpha value is -3.58. The van der Waals surface area contributed by atoms with Gasteiger partial charge in [-0.3, -0.25) is 19.3 Å². The van der Waals surface area contributed by atoms with Crippen molar-refractivity contribution in [2.45, 2.75) is 39.5 Å². The standard InChI is InChI=1S/C30H31N3O3S/c1-21-18-25(22(2)33(21)26-14-12-24(13-15-26)23-10-6-5-7-11-23)19-27-29(35)32(30(36)37-27)20-28(34)31-16-8-3-4-9-17-31/h5-7,10-15,18-19H,3-4,8-9,16-17,20H2,1-2H3. The third-order valence-corrected chi connectivity index (χ3v) is 8.02. The fraction of sp³-hybridized carbons (Fsp3) is 0.300. The molecule has 2 aromatic carbocycles. The van der Waals surface area contributed by atoms with Crippen LogP contribution in [0.25, 0.3) is 22.9 Å². The number of hydrogen-bond donors (Lipinski definition) is 0. The van der Waals surface area contributed by atoms with E-state index < -0.39 is 5.91 Å². The number of aryl methyl sites for hydroxylation is 1. The fourth-order valence-electron chi connectivity index (χ4n) is 5.10. The second-order valence-electron chi connectivity index (χ2n) is 9.64. The summed E-state index contributed by atoms with van der Waals surface area (Å²) in [6.45, 7) is 5.25. The van der Waals surface area contributed by atoms with Crippen LogP contribution in [0.1, 0.15) is 42.6 Å². The Balaban J connectivity index is 1.34. The van der Waals surface area contributed by atoms with Crippen LogP contribution in [-0.4, -0.2) is 51.1 Å². The molecule has 3 amide bonds. The summed E-state index contributed by atoms with van der Waals surface area (Å²) in [6, 6.07) is 20.7. The topological polar surface area (TPSA) is 62.6 Å². The molecule has 0 aliphatic carbocycles. The predicted octanol–water partition coefficient (Wildman–Crippen LogP) is 6.20. The second-order valence-corrected chi connectivity index (χ2v) is 10.6. The van der Waals surface area contributed by atoms with E-state index in [2.05, 4.69) is 41.0 Å². The summed E-state index contributed by atoms with van der Waals surface area (Å²) >= 11 is 0.907. The molecule has 2 fully saturated rings. The van der Waals surface area contributed by atoms with Gasteiger partial charge in [-0.05, 0) is 79.4 Å². The van der Waals surface area contributed by atoms with E-state index in [9.17, 15) is 14.4 Å². The molecule has 1 aromatic heterocycles. The molecule has 2 aliphatic rings. The van der Waals surface area contributed by atoms with Gasteiger partial charge in [-0.25, -0.2) is 0 Å². The van der Waals surface area contributed by atoms with Crippen LogP contribution in [0.3, 0.4) is 0 Å². The van der Waals surface area contributed by atoms with Crippen molar-refractivity contribution in [3.63, 3.8) is 0 Å². The molecule has 190 valence electrons. The Bertz CT molecular complexity index is 1350. The highest BCUT2D eigenvalue weighted by Crippen LogP contribution is 2.34. The average Bonchev–Trinajstić information content (AvgIpc) is 3.18. The van der Waals surface area contributed by atoms with Gasteiger partial charge in [0, 0.05) is 30.2 Å². The van der Waals surface area contributed by atoms with Crippen LogP contribution in [0.15, 0.2) is 65.6 Å². The van der Waals surface area contributed by atoms with Crippen LogP contribution >= 0.6 is 11.8 Å². The van der Waals surface area contributed by atoms with E-state index in [1.165, 1.54) is 5.56 Å². The lowest BCUT2D eigenvalue weighted by Crippen LogP contribution is -2.42. The third-order valence-electron chi connectivity index (χ3n) is 7.12. The molecule has 6 nitrogen and oxygen atoms in total. The number of carbonyl (C=O) groups is 3. The third kappa shape index (κ3) is 5.27. The van der Waals surface area contributed by atoms with Crippen molar-refractivity contribution in [3.05, 3.63) is 82.5 Å². The number of thioether (sulfide) groups is 1. The van der Waals surface area contributed by atoms with Gasteiger partial charge in [0.1, 0.15) is 6.54 Å². The average molecular weight is 514 g/mol. The van der Waals surface area contributed by atoms with Crippen molar-refractivity contribution in [2.75, 3.05) is 19.6 Å². The van der Waals surface area contributed by atoms with Gasteiger partial charge < -0.3 is 9.47 Å². The Morgan fingerprint density at radius 3 is 2.22 bits per heavy atom. The molecule has 0 saturated carbocycles. The minimum Gasteiger partial charge on any atom is -0.341 e. The summed E-state index contributed by atoms with van der Waals surface area (Å²) in [6.07, 6.45) is 5.95. The second kappa shape index (κ2) is 10.8. The summed E-state index contributed by atoms with van der Waals surface area (Å²) < 4.78 is 2.15. The summed E-state index contributed by atoms with van der Waals surface area (Å²) in [5.41, 5.74) is 6.25. The Kier molecular flexibility index (Phi) is 7.33. The van der Waals surface area contributed by atoms with Crippen molar-refractivity contribution >= 4 is 34.9 Å². The van der Waals surface area contributed by atoms with Crippen molar-refractivity contribution in [3.8, 4) is 16.8 Å². The number of amides is 3. The van der Waals surface area contributed by atoms with Crippen LogP contribution in [0.2, 0.25) is 0 Å². The first-order chi connectivity index (χ1) is 17.9. The minimum absolute atomic E-state index is 0.150. The quantitative estimate of drug-likeness (QED) is 0.381. The summed E-state index contributed by atoms with van der Waals surface area (Å²) in [4.78, 5) is 41.8. The summed E-state index contributed by atoms with van der Waals surface area (Å²) in [5.74, 6) is -0.544. The number of imide groups is 1. The van der Waals surface area contributed by atoms with Crippen LogP contribution in [0.5, 0.6) is 0 Å². The molecule has 3 aromatic rings. The number of nitrogens with zero attached hydrogens (tertiary/aromatic N) is 3. The van der Waals surface area contributed by atoms with Gasteiger partial charge in [0.2, 0.25) is 5.91 Å². The van der Waals surface area contributed by atoms with E-state index in [1.54, 1.807) is 11.0 Å². The zero-order chi connectivity index (χ0) is 25.9. The molecule has 0 atom stereocenters. The van der Waals surface area contributed by atoms with Gasteiger partial charge in [-0.1, -0.05) is 55.3 Å². The van der Waals surface area contributed by atoms with Gasteiger partial charge in [-0.15, -0.1) is 0 Å². The van der Waals surface area contributed by atoms with E-state index in [-0.39, 0.29) is 17.7 Å². The summed E-state index contributed by atoms with van der Waals surface area (Å²) in [7, 11) is 0. The lowest BCUT2D eigenvalue weighted by atomic mass is 10.1. The summed E-state index contributed by atoms with van der Waals surface area (Å²) in [5, 5.41) is -0.385. The molecule has 0 radical (unpaired) electrons. The van der Waals surface area contributed by atoms with Gasteiger partial charge >= 0.3 is 0 Å². The first-order valence-electron chi connectivity index (χ1n) is 12.8. The molecule has 0 unspecified atom stereocenters. The zero-order valence-electron chi connectivity index (χ0n) is 21.3. The zero-order valence-corrected chi connectivity index (χ0v) is 22.1. The van der Waals surface area contributed by atoms with E-state index >= 15 is 0 Å². The van der Waals surface area contributed by atoms with Crippen molar-refractivity contribution in [1.82, 2.24) is 14.4 Å². The van der Waals surface area contributed by atoms with Gasteiger partial charge in [0.05, 0.1) is 4.91 Å². The molecular weight excluding hydrogens is 482 g/mol. The van der Waals surface area contributed by atoms with Gasteiger partial charge in [-0.2, -0.15) is 0 Å². The van der Waals surface area contributed by atoms with Crippen molar-refractivity contribution in [1.29, 1.82) is 0 Å². The van der Waals surface area contributed by atoms with E-state index in [0.29, 0.717) is 18.0 Å². The monoisotopic (exact) mass is 513 g/mol. The van der Waals surface area contributed by atoms with E-state index in [4.69, 9.17) is 0 Å². The molecule has 2 aliphatic heterocycles. The number of rotatable bonds is 5. The molecule has 0 spiro atoms.